The number of aromatic amines is 1. The second-order valence-corrected chi connectivity index (χ2v) is 8.20. The van der Waals surface area contributed by atoms with Crippen LogP contribution in [0.15, 0.2) is 59.1 Å². The Labute approximate surface area is 179 Å². The lowest BCUT2D eigenvalue weighted by Gasteiger charge is -2.33. The van der Waals surface area contributed by atoms with E-state index in [0.29, 0.717) is 30.3 Å². The number of nitrogens with zero attached hydrogens (tertiary/aromatic N) is 2. The molecule has 158 valence electrons. The van der Waals surface area contributed by atoms with Crippen molar-refractivity contribution in [3.8, 4) is 0 Å². The van der Waals surface area contributed by atoms with Crippen molar-refractivity contribution in [2.75, 3.05) is 6.54 Å². The van der Waals surface area contributed by atoms with E-state index in [1.54, 1.807) is 18.3 Å². The second-order valence-electron chi connectivity index (χ2n) is 8.20. The maximum atomic E-state index is 13.4. The fourth-order valence-electron chi connectivity index (χ4n) is 4.37. The largest absolute Gasteiger partial charge is 0.443 e. The van der Waals surface area contributed by atoms with Crippen LogP contribution in [0.5, 0.6) is 0 Å². The maximum absolute atomic E-state index is 13.4. The molecule has 2 aromatic heterocycles. The van der Waals surface area contributed by atoms with Gasteiger partial charge in [-0.3, -0.25) is 4.79 Å². The fraction of sp³-hybridized carbons (Fsp3) is 0.280. The molecule has 0 aliphatic carbocycles. The number of amides is 1. The topological polar surface area (TPSA) is 62.1 Å². The molecule has 4 aromatic rings. The van der Waals surface area contributed by atoms with Gasteiger partial charge in [0.25, 0.3) is 5.91 Å². The zero-order valence-electron chi connectivity index (χ0n) is 17.4. The number of carbonyl (C=O) groups excluding carboxylic acids is 1. The molecule has 1 unspecified atom stereocenters. The Balaban J connectivity index is 1.39. The van der Waals surface area contributed by atoms with Crippen molar-refractivity contribution in [3.05, 3.63) is 89.0 Å². The van der Waals surface area contributed by atoms with E-state index in [-0.39, 0.29) is 17.8 Å². The molecule has 1 aliphatic heterocycles. The molecular weight excluding hydrogens is 393 g/mol. The molecule has 31 heavy (non-hydrogen) atoms. The van der Waals surface area contributed by atoms with E-state index >= 15 is 0 Å². The van der Waals surface area contributed by atoms with Gasteiger partial charge in [0.2, 0.25) is 5.89 Å². The number of aryl methyl sites for hydroxylation is 1. The van der Waals surface area contributed by atoms with Crippen LogP contribution in [0.2, 0.25) is 0 Å². The van der Waals surface area contributed by atoms with Gasteiger partial charge in [-0.25, -0.2) is 9.37 Å². The third kappa shape index (κ3) is 3.85. The summed E-state index contributed by atoms with van der Waals surface area (Å²) in [5.74, 6) is 0.988. The van der Waals surface area contributed by atoms with Gasteiger partial charge in [-0.1, -0.05) is 24.3 Å². The number of carbonyl (C=O) groups is 1. The summed E-state index contributed by atoms with van der Waals surface area (Å²) in [5, 5.41) is 1.07. The third-order valence-corrected chi connectivity index (χ3v) is 6.02. The number of aromatic nitrogens is 2. The molecule has 1 atom stereocenters. The average molecular weight is 417 g/mol. The number of H-pyrrole nitrogens is 1. The van der Waals surface area contributed by atoms with E-state index in [2.05, 4.69) is 9.97 Å². The molecule has 0 saturated carbocycles. The van der Waals surface area contributed by atoms with Crippen molar-refractivity contribution in [3.63, 3.8) is 0 Å². The van der Waals surface area contributed by atoms with Crippen LogP contribution in [-0.2, 0) is 6.42 Å². The van der Waals surface area contributed by atoms with Crippen LogP contribution in [-0.4, -0.2) is 27.3 Å². The van der Waals surface area contributed by atoms with Gasteiger partial charge in [-0.15, -0.1) is 0 Å². The quantitative estimate of drug-likeness (QED) is 0.473. The number of fused-ring (bicyclic) bond motifs is 1. The molecule has 1 N–H and O–H groups in total. The van der Waals surface area contributed by atoms with Gasteiger partial charge in [-0.2, -0.15) is 0 Å². The van der Waals surface area contributed by atoms with Crippen molar-refractivity contribution in [1.29, 1.82) is 0 Å². The Morgan fingerprint density at radius 1 is 1.23 bits per heavy atom. The number of piperidine rings is 1. The van der Waals surface area contributed by atoms with Gasteiger partial charge >= 0.3 is 0 Å². The Morgan fingerprint density at radius 2 is 2.06 bits per heavy atom. The average Bonchev–Trinajstić information content (AvgIpc) is 3.43. The molecule has 2 aromatic carbocycles. The third-order valence-electron chi connectivity index (χ3n) is 6.02. The lowest BCUT2D eigenvalue weighted by atomic mass is 10.0. The number of rotatable bonds is 4. The molecule has 0 spiro atoms. The van der Waals surface area contributed by atoms with Crippen molar-refractivity contribution in [2.45, 2.75) is 38.6 Å². The van der Waals surface area contributed by atoms with Crippen LogP contribution in [0.3, 0.4) is 0 Å². The van der Waals surface area contributed by atoms with Crippen molar-refractivity contribution in [2.24, 2.45) is 0 Å². The van der Waals surface area contributed by atoms with E-state index in [1.807, 2.05) is 36.1 Å². The first-order valence-corrected chi connectivity index (χ1v) is 10.7. The first-order chi connectivity index (χ1) is 15.1. The van der Waals surface area contributed by atoms with Crippen LogP contribution in [0, 0.1) is 12.7 Å². The van der Waals surface area contributed by atoms with Crippen LogP contribution in [0.25, 0.3) is 10.9 Å². The predicted molar refractivity (Wildman–Crippen MR) is 116 cm³/mol. The van der Waals surface area contributed by atoms with Gasteiger partial charge in [-0.05, 0) is 61.6 Å². The molecular formula is C25H24FN3O2. The molecule has 1 amide bonds. The minimum absolute atomic E-state index is 0.0291. The number of likely N-dealkylation sites (tertiary alicyclic amines) is 1. The number of hydrogen-bond donors (Lipinski definition) is 1. The van der Waals surface area contributed by atoms with E-state index in [9.17, 15) is 9.18 Å². The molecule has 0 radical (unpaired) electrons. The summed E-state index contributed by atoms with van der Waals surface area (Å²) in [6, 6.07) is 14.1. The summed E-state index contributed by atoms with van der Waals surface area (Å²) in [7, 11) is 0. The van der Waals surface area contributed by atoms with Gasteiger partial charge in [0.05, 0.1) is 6.20 Å². The van der Waals surface area contributed by atoms with Gasteiger partial charge in [0.15, 0.2) is 0 Å². The smallest absolute Gasteiger partial charge is 0.270 e. The molecule has 3 heterocycles. The van der Waals surface area contributed by atoms with E-state index in [1.165, 1.54) is 12.1 Å². The van der Waals surface area contributed by atoms with Crippen LogP contribution in [0.1, 0.15) is 58.6 Å². The molecule has 1 aliphatic rings. The highest BCUT2D eigenvalue weighted by molar-refractivity contribution is 5.99. The molecule has 6 heteroatoms. The minimum Gasteiger partial charge on any atom is -0.443 e. The van der Waals surface area contributed by atoms with Gasteiger partial charge < -0.3 is 14.3 Å². The van der Waals surface area contributed by atoms with Crippen LogP contribution in [0.4, 0.5) is 4.39 Å². The Kier molecular flexibility index (Phi) is 5.06. The maximum Gasteiger partial charge on any atom is 0.270 e. The Morgan fingerprint density at radius 3 is 2.87 bits per heavy atom. The highest BCUT2D eigenvalue weighted by atomic mass is 19.1. The summed E-state index contributed by atoms with van der Waals surface area (Å²) < 4.78 is 19.2. The zero-order valence-corrected chi connectivity index (χ0v) is 17.4. The Bertz CT molecular complexity index is 1230. The lowest BCUT2D eigenvalue weighted by molar-refractivity contribution is 0.0565. The highest BCUT2D eigenvalue weighted by Gasteiger charge is 2.32. The van der Waals surface area contributed by atoms with Crippen LogP contribution < -0.4 is 0 Å². The normalized spacial score (nSPS) is 16.7. The monoisotopic (exact) mass is 417 g/mol. The summed E-state index contributed by atoms with van der Waals surface area (Å²) in [4.78, 5) is 23.0. The van der Waals surface area contributed by atoms with E-state index < -0.39 is 0 Å². The van der Waals surface area contributed by atoms with Crippen LogP contribution >= 0.6 is 0 Å². The number of benzene rings is 2. The summed E-state index contributed by atoms with van der Waals surface area (Å²) in [6.45, 7) is 2.72. The summed E-state index contributed by atoms with van der Waals surface area (Å²) in [5.41, 5.74) is 3.65. The number of oxazole rings is 1. The van der Waals surface area contributed by atoms with Gasteiger partial charge in [0.1, 0.15) is 23.3 Å². The van der Waals surface area contributed by atoms with Crippen molar-refractivity contribution >= 4 is 16.8 Å². The van der Waals surface area contributed by atoms with E-state index in [4.69, 9.17) is 4.42 Å². The van der Waals surface area contributed by atoms with Gasteiger partial charge in [0, 0.05) is 23.9 Å². The highest BCUT2D eigenvalue weighted by Crippen LogP contribution is 2.33. The first kappa shape index (κ1) is 19.5. The SMILES string of the molecule is Cc1cccc2[nH]c(C(=O)N3CCCCC3c3ncc(Cc4ccc(F)cc4)o3)cc12. The van der Waals surface area contributed by atoms with Crippen molar-refractivity contribution < 1.29 is 13.6 Å². The molecule has 5 rings (SSSR count). The van der Waals surface area contributed by atoms with Crippen molar-refractivity contribution in [1.82, 2.24) is 14.9 Å². The molecule has 1 fully saturated rings. The first-order valence-electron chi connectivity index (χ1n) is 10.7. The predicted octanol–water partition coefficient (Wildman–Crippen LogP) is 5.56. The molecule has 0 bridgehead atoms. The standard InChI is InChI=1S/C25H24FN3O2/c1-16-5-4-6-21-20(16)14-22(28-21)25(30)29-12-3-2-7-23(29)24-27-15-19(31-24)13-17-8-10-18(26)11-9-17/h4-6,8-11,14-15,23,28H,2-3,7,12-13H2,1H3. The summed E-state index contributed by atoms with van der Waals surface area (Å²) >= 11 is 0. The number of halogens is 1. The molecule has 5 nitrogen and oxygen atoms in total. The zero-order chi connectivity index (χ0) is 21.4. The van der Waals surface area contributed by atoms with E-state index in [0.717, 1.165) is 41.3 Å². The second kappa shape index (κ2) is 8.02. The Hall–Kier alpha value is -3.41. The minimum atomic E-state index is -0.259. The number of hydrogen-bond acceptors (Lipinski definition) is 3. The summed E-state index contributed by atoms with van der Waals surface area (Å²) in [6.07, 6.45) is 5.06. The molecule has 1 saturated heterocycles. The fourth-order valence-corrected chi connectivity index (χ4v) is 4.37. The lowest BCUT2D eigenvalue weighted by Crippen LogP contribution is -2.38. The number of nitrogens with one attached hydrogen (secondary N) is 1.